The second-order valence-electron chi connectivity index (χ2n) is 7.37. The quantitative estimate of drug-likeness (QED) is 0.599. The molecule has 150 valence electrons. The van der Waals surface area contributed by atoms with E-state index in [2.05, 4.69) is 19.1 Å². The van der Waals surface area contributed by atoms with E-state index in [1.165, 1.54) is 0 Å². The molecule has 3 nitrogen and oxygen atoms in total. The van der Waals surface area contributed by atoms with Crippen LogP contribution in [0, 0.1) is 11.6 Å². The zero-order valence-electron chi connectivity index (χ0n) is 16.3. The number of phenolic OH excluding ortho intramolecular Hbond substituents is 1. The number of aromatic hydroxyl groups is 1. The summed E-state index contributed by atoms with van der Waals surface area (Å²) in [6.07, 6.45) is 3.44. The van der Waals surface area contributed by atoms with Gasteiger partial charge in [-0.05, 0) is 49.4 Å². The fraction of sp³-hybridized carbons (Fsp3) is 0.292. The first kappa shape index (κ1) is 19.5. The van der Waals surface area contributed by atoms with Crippen LogP contribution in [0.2, 0.25) is 0 Å². The fourth-order valence-corrected chi connectivity index (χ4v) is 4.09. The van der Waals surface area contributed by atoms with Gasteiger partial charge in [0.25, 0.3) is 0 Å². The Morgan fingerprint density at radius 1 is 1.07 bits per heavy atom. The standard InChI is InChI=1S/C24H23F2NO2/c1-2-13-29-24(17-7-4-3-5-8-17)12-6-9-22-18(24)10-11-21(27-22)16-14-19(25)23(28)20(26)15-16/h3-5,7-8,10-11,14-15,28H,2,6,9,12-13H2,1H3. The van der Waals surface area contributed by atoms with Gasteiger partial charge < -0.3 is 9.84 Å². The van der Waals surface area contributed by atoms with Gasteiger partial charge in [-0.2, -0.15) is 0 Å². The Kier molecular flexibility index (Phi) is 5.33. The summed E-state index contributed by atoms with van der Waals surface area (Å²) in [7, 11) is 0. The van der Waals surface area contributed by atoms with Gasteiger partial charge in [0.1, 0.15) is 5.60 Å². The number of nitrogens with zero attached hydrogens (tertiary/aromatic N) is 1. The molecule has 2 aromatic carbocycles. The molecule has 1 atom stereocenters. The lowest BCUT2D eigenvalue weighted by atomic mass is 9.76. The van der Waals surface area contributed by atoms with Gasteiger partial charge in [-0.3, -0.25) is 4.98 Å². The number of aryl methyl sites for hydroxylation is 1. The highest BCUT2D eigenvalue weighted by Gasteiger charge is 2.40. The van der Waals surface area contributed by atoms with Crippen molar-refractivity contribution in [3.8, 4) is 17.0 Å². The van der Waals surface area contributed by atoms with Gasteiger partial charge in [0, 0.05) is 23.4 Å². The van der Waals surface area contributed by atoms with Crippen molar-refractivity contribution in [1.82, 2.24) is 4.98 Å². The summed E-state index contributed by atoms with van der Waals surface area (Å²) in [6, 6.07) is 16.1. The van der Waals surface area contributed by atoms with Crippen LogP contribution in [0.5, 0.6) is 5.75 Å². The molecule has 0 aliphatic heterocycles. The summed E-state index contributed by atoms with van der Waals surface area (Å²) in [6.45, 7) is 2.71. The van der Waals surface area contributed by atoms with E-state index in [0.717, 1.165) is 54.6 Å². The number of hydrogen-bond donors (Lipinski definition) is 1. The predicted octanol–water partition coefficient (Wildman–Crippen LogP) is 5.74. The van der Waals surface area contributed by atoms with Gasteiger partial charge >= 0.3 is 0 Å². The molecule has 1 aromatic heterocycles. The molecule has 1 unspecified atom stereocenters. The summed E-state index contributed by atoms with van der Waals surface area (Å²) < 4.78 is 34.1. The molecule has 0 spiro atoms. The smallest absolute Gasteiger partial charge is 0.187 e. The molecule has 0 bridgehead atoms. The highest BCUT2D eigenvalue weighted by Crippen LogP contribution is 2.44. The maximum Gasteiger partial charge on any atom is 0.187 e. The number of phenols is 1. The van der Waals surface area contributed by atoms with E-state index in [1.54, 1.807) is 6.07 Å². The summed E-state index contributed by atoms with van der Waals surface area (Å²) in [4.78, 5) is 4.73. The number of halogens is 2. The Labute approximate surface area is 169 Å². The lowest BCUT2D eigenvalue weighted by molar-refractivity contribution is -0.0309. The van der Waals surface area contributed by atoms with E-state index in [9.17, 15) is 13.9 Å². The topological polar surface area (TPSA) is 42.4 Å². The van der Waals surface area contributed by atoms with Crippen molar-refractivity contribution in [1.29, 1.82) is 0 Å². The summed E-state index contributed by atoms with van der Waals surface area (Å²) in [5.41, 5.74) is 3.17. The highest BCUT2D eigenvalue weighted by atomic mass is 19.1. The van der Waals surface area contributed by atoms with E-state index < -0.39 is 23.0 Å². The SMILES string of the molecule is CCCOC1(c2ccccc2)CCCc2nc(-c3cc(F)c(O)c(F)c3)ccc21. The number of rotatable bonds is 5. The average Bonchev–Trinajstić information content (AvgIpc) is 2.75. The fourth-order valence-electron chi connectivity index (χ4n) is 4.09. The van der Waals surface area contributed by atoms with Crippen LogP contribution >= 0.6 is 0 Å². The number of aromatic nitrogens is 1. The molecular weight excluding hydrogens is 372 g/mol. The molecule has 3 aromatic rings. The van der Waals surface area contributed by atoms with Gasteiger partial charge in [0.15, 0.2) is 17.4 Å². The minimum absolute atomic E-state index is 0.297. The van der Waals surface area contributed by atoms with Crippen LogP contribution in [-0.4, -0.2) is 16.7 Å². The Bertz CT molecular complexity index is 1000. The number of benzene rings is 2. The largest absolute Gasteiger partial charge is 0.503 e. The van der Waals surface area contributed by atoms with Crippen LogP contribution in [0.25, 0.3) is 11.3 Å². The lowest BCUT2D eigenvalue weighted by Gasteiger charge is -2.39. The Morgan fingerprint density at radius 3 is 2.48 bits per heavy atom. The van der Waals surface area contributed by atoms with Crippen LogP contribution in [-0.2, 0) is 16.8 Å². The first-order chi connectivity index (χ1) is 14.0. The maximum absolute atomic E-state index is 13.8. The molecule has 1 aliphatic carbocycles. The Hall–Kier alpha value is -2.79. The van der Waals surface area contributed by atoms with Crippen molar-refractivity contribution in [3.63, 3.8) is 0 Å². The van der Waals surface area contributed by atoms with Crippen molar-refractivity contribution in [2.75, 3.05) is 6.61 Å². The van der Waals surface area contributed by atoms with Gasteiger partial charge in [-0.25, -0.2) is 8.78 Å². The van der Waals surface area contributed by atoms with E-state index in [4.69, 9.17) is 9.72 Å². The minimum atomic E-state index is -0.996. The Morgan fingerprint density at radius 2 is 1.79 bits per heavy atom. The number of ether oxygens (including phenoxy) is 1. The Balaban J connectivity index is 1.82. The molecule has 1 aliphatic rings. The molecule has 1 heterocycles. The van der Waals surface area contributed by atoms with Crippen LogP contribution in [0.15, 0.2) is 54.6 Å². The molecule has 0 saturated heterocycles. The van der Waals surface area contributed by atoms with Crippen molar-refractivity contribution < 1.29 is 18.6 Å². The summed E-state index contributed by atoms with van der Waals surface area (Å²) >= 11 is 0. The molecule has 0 radical (unpaired) electrons. The zero-order valence-corrected chi connectivity index (χ0v) is 16.3. The normalized spacial score (nSPS) is 18.4. The van der Waals surface area contributed by atoms with Crippen molar-refractivity contribution in [2.45, 2.75) is 38.2 Å². The third-order valence-electron chi connectivity index (χ3n) is 5.46. The summed E-state index contributed by atoms with van der Waals surface area (Å²) in [5, 5.41) is 9.36. The predicted molar refractivity (Wildman–Crippen MR) is 108 cm³/mol. The van der Waals surface area contributed by atoms with Gasteiger partial charge in [-0.15, -0.1) is 0 Å². The molecule has 5 heteroatoms. The van der Waals surface area contributed by atoms with Crippen LogP contribution in [0.3, 0.4) is 0 Å². The van der Waals surface area contributed by atoms with E-state index in [1.807, 2.05) is 24.3 Å². The minimum Gasteiger partial charge on any atom is -0.503 e. The molecule has 0 saturated carbocycles. The number of hydrogen-bond acceptors (Lipinski definition) is 3. The molecule has 4 rings (SSSR count). The van der Waals surface area contributed by atoms with Crippen LogP contribution in [0.4, 0.5) is 8.78 Å². The van der Waals surface area contributed by atoms with E-state index in [0.29, 0.717) is 17.9 Å². The molecular formula is C24H23F2NO2. The van der Waals surface area contributed by atoms with Gasteiger partial charge in [0.05, 0.1) is 5.69 Å². The lowest BCUT2D eigenvalue weighted by Crippen LogP contribution is -2.36. The van der Waals surface area contributed by atoms with Gasteiger partial charge in [-0.1, -0.05) is 43.3 Å². The number of fused-ring (bicyclic) bond motifs is 1. The van der Waals surface area contributed by atoms with E-state index >= 15 is 0 Å². The van der Waals surface area contributed by atoms with Gasteiger partial charge in [0.2, 0.25) is 0 Å². The van der Waals surface area contributed by atoms with E-state index in [-0.39, 0.29) is 0 Å². The van der Waals surface area contributed by atoms with Crippen molar-refractivity contribution in [3.05, 3.63) is 83.1 Å². The van der Waals surface area contributed by atoms with Crippen LogP contribution in [0.1, 0.15) is 43.0 Å². The average molecular weight is 395 g/mol. The zero-order chi connectivity index (χ0) is 20.4. The maximum atomic E-state index is 13.8. The molecule has 29 heavy (non-hydrogen) atoms. The molecule has 0 fully saturated rings. The monoisotopic (exact) mass is 395 g/mol. The third-order valence-corrected chi connectivity index (χ3v) is 5.46. The first-order valence-corrected chi connectivity index (χ1v) is 9.93. The van der Waals surface area contributed by atoms with Crippen molar-refractivity contribution >= 4 is 0 Å². The van der Waals surface area contributed by atoms with Crippen molar-refractivity contribution in [2.24, 2.45) is 0 Å². The van der Waals surface area contributed by atoms with Crippen LogP contribution < -0.4 is 0 Å². The second-order valence-corrected chi connectivity index (χ2v) is 7.37. The molecule has 0 amide bonds. The first-order valence-electron chi connectivity index (χ1n) is 9.93. The third kappa shape index (κ3) is 3.51. The number of pyridine rings is 1. The summed E-state index contributed by atoms with van der Waals surface area (Å²) in [5.74, 6) is -2.96. The highest BCUT2D eigenvalue weighted by molar-refractivity contribution is 5.62. The molecule has 1 N–H and O–H groups in total. The second kappa shape index (κ2) is 7.91.